The van der Waals surface area contributed by atoms with Gasteiger partial charge in [0.25, 0.3) is 0 Å². The minimum atomic E-state index is -0.983. The zero-order valence-corrected chi connectivity index (χ0v) is 22.4. The van der Waals surface area contributed by atoms with Gasteiger partial charge in [0.05, 0.1) is 0 Å². The van der Waals surface area contributed by atoms with Crippen LogP contribution in [-0.4, -0.2) is 51.6 Å². The molecule has 3 N–H and O–H groups in total. The van der Waals surface area contributed by atoms with Crippen LogP contribution in [0, 0.1) is 5.92 Å². The average molecular weight is 502 g/mol. The zero-order chi connectivity index (χ0) is 26.5. The van der Waals surface area contributed by atoms with E-state index in [9.17, 15) is 19.5 Å². The summed E-state index contributed by atoms with van der Waals surface area (Å²) < 4.78 is 5.43. The molecule has 8 nitrogen and oxygen atoms in total. The second-order valence-electron chi connectivity index (χ2n) is 11.6. The highest BCUT2D eigenvalue weighted by molar-refractivity contribution is 5.93. The summed E-state index contributed by atoms with van der Waals surface area (Å²) in [6.07, 6.45) is 6.39. The molecule has 2 aliphatic carbocycles. The number of alkyl carbamates (subject to hydrolysis) is 1. The van der Waals surface area contributed by atoms with Crippen molar-refractivity contribution in [3.05, 3.63) is 29.8 Å². The van der Waals surface area contributed by atoms with E-state index in [1.165, 1.54) is 6.07 Å². The highest BCUT2D eigenvalue weighted by Crippen LogP contribution is 2.38. The van der Waals surface area contributed by atoms with Crippen molar-refractivity contribution in [1.82, 2.24) is 15.5 Å². The fourth-order valence-electron chi connectivity index (χ4n) is 4.86. The Morgan fingerprint density at radius 3 is 2.25 bits per heavy atom. The van der Waals surface area contributed by atoms with Crippen molar-refractivity contribution in [2.45, 2.75) is 116 Å². The van der Waals surface area contributed by atoms with Crippen LogP contribution in [-0.2, 0) is 14.3 Å². The molecule has 2 atom stereocenters. The Morgan fingerprint density at radius 2 is 1.69 bits per heavy atom. The lowest BCUT2D eigenvalue weighted by atomic mass is 9.94. The number of benzene rings is 1. The smallest absolute Gasteiger partial charge is 0.408 e. The number of phenols is 1. The first kappa shape index (κ1) is 27.8. The van der Waals surface area contributed by atoms with Crippen LogP contribution >= 0.6 is 0 Å². The number of para-hydroxylation sites is 1. The summed E-state index contributed by atoms with van der Waals surface area (Å²) in [4.78, 5) is 42.1. The predicted octanol–water partition coefficient (Wildman–Crippen LogP) is 4.81. The number of hydrogen-bond acceptors (Lipinski definition) is 5. The molecule has 0 radical (unpaired) electrons. The summed E-state index contributed by atoms with van der Waals surface area (Å²) in [7, 11) is 0. The number of amides is 3. The molecule has 0 aliphatic heterocycles. The minimum Gasteiger partial charge on any atom is -0.508 e. The van der Waals surface area contributed by atoms with Crippen molar-refractivity contribution in [1.29, 1.82) is 0 Å². The van der Waals surface area contributed by atoms with Gasteiger partial charge in [0.1, 0.15) is 23.4 Å². The fraction of sp³-hybridized carbons (Fsp3) is 0.679. The normalized spacial score (nSPS) is 18.3. The number of rotatable bonds is 9. The molecule has 0 saturated heterocycles. The number of nitrogens with one attached hydrogen (secondary N) is 2. The third-order valence-corrected chi connectivity index (χ3v) is 6.60. The molecule has 200 valence electrons. The molecule has 2 saturated carbocycles. The molecule has 0 bridgehead atoms. The van der Waals surface area contributed by atoms with E-state index < -0.39 is 23.8 Å². The molecule has 0 heterocycles. The van der Waals surface area contributed by atoms with Crippen LogP contribution in [0.4, 0.5) is 4.79 Å². The van der Waals surface area contributed by atoms with Crippen LogP contribution in [0.5, 0.6) is 5.75 Å². The van der Waals surface area contributed by atoms with Crippen molar-refractivity contribution in [2.75, 3.05) is 0 Å². The summed E-state index contributed by atoms with van der Waals surface area (Å²) in [6.45, 7) is 9.27. The van der Waals surface area contributed by atoms with E-state index in [4.69, 9.17) is 4.74 Å². The van der Waals surface area contributed by atoms with E-state index >= 15 is 0 Å². The average Bonchev–Trinajstić information content (AvgIpc) is 3.61. The van der Waals surface area contributed by atoms with Gasteiger partial charge in [0.2, 0.25) is 11.8 Å². The lowest BCUT2D eigenvalue weighted by Crippen LogP contribution is -2.54. The molecule has 2 unspecified atom stereocenters. The number of carbonyl (C=O) groups excluding carboxylic acids is 3. The first-order chi connectivity index (χ1) is 17.0. The third-order valence-electron chi connectivity index (χ3n) is 6.60. The Bertz CT molecular complexity index is 916. The van der Waals surface area contributed by atoms with Gasteiger partial charge in [0, 0.05) is 17.6 Å². The van der Waals surface area contributed by atoms with Gasteiger partial charge in [-0.05, 0) is 64.9 Å². The maximum atomic E-state index is 14.1. The van der Waals surface area contributed by atoms with E-state index in [0.29, 0.717) is 12.0 Å². The molecular weight excluding hydrogens is 458 g/mol. The first-order valence-electron chi connectivity index (χ1n) is 13.4. The Morgan fingerprint density at radius 1 is 1.06 bits per heavy atom. The minimum absolute atomic E-state index is 0.0275. The van der Waals surface area contributed by atoms with Gasteiger partial charge in [-0.1, -0.05) is 51.3 Å². The molecule has 0 spiro atoms. The molecule has 0 aromatic heterocycles. The van der Waals surface area contributed by atoms with E-state index in [-0.39, 0.29) is 35.6 Å². The Kier molecular flexibility index (Phi) is 9.25. The Labute approximate surface area is 215 Å². The third kappa shape index (κ3) is 7.87. The molecule has 2 fully saturated rings. The lowest BCUT2D eigenvalue weighted by Gasteiger charge is -2.36. The molecule has 8 heteroatoms. The van der Waals surface area contributed by atoms with Gasteiger partial charge in [-0.2, -0.15) is 0 Å². The number of nitrogens with zero attached hydrogens (tertiary/aromatic N) is 1. The summed E-state index contributed by atoms with van der Waals surface area (Å²) in [5.74, 6) is -0.525. The number of phenolic OH excluding ortho intramolecular Hbond substituents is 1. The molecule has 1 aromatic rings. The van der Waals surface area contributed by atoms with Gasteiger partial charge >= 0.3 is 6.09 Å². The maximum absolute atomic E-state index is 14.1. The van der Waals surface area contributed by atoms with Crippen molar-refractivity contribution in [3.8, 4) is 5.75 Å². The van der Waals surface area contributed by atoms with Crippen LogP contribution in [0.15, 0.2) is 24.3 Å². The van der Waals surface area contributed by atoms with Crippen molar-refractivity contribution < 1.29 is 24.2 Å². The van der Waals surface area contributed by atoms with E-state index in [0.717, 1.165) is 44.9 Å². The number of carbonyl (C=O) groups is 3. The molecule has 36 heavy (non-hydrogen) atoms. The topological polar surface area (TPSA) is 108 Å². The molecule has 2 aliphatic rings. The van der Waals surface area contributed by atoms with Gasteiger partial charge < -0.3 is 25.4 Å². The maximum Gasteiger partial charge on any atom is 0.408 e. The van der Waals surface area contributed by atoms with Crippen LogP contribution in [0.1, 0.15) is 97.6 Å². The van der Waals surface area contributed by atoms with Crippen LogP contribution in [0.3, 0.4) is 0 Å². The van der Waals surface area contributed by atoms with Crippen LogP contribution in [0.2, 0.25) is 0 Å². The largest absolute Gasteiger partial charge is 0.508 e. The summed E-state index contributed by atoms with van der Waals surface area (Å²) >= 11 is 0. The standard InChI is InChI=1S/C28H43N3O5/c1-18(2)17-22(30-27(35)36-28(3,4)5)26(34)31(20-15-16-20)24(21-13-9-10-14-23(21)32)25(33)29-19-11-7-6-8-12-19/h9-10,13-14,18-20,22,24,32H,6-8,11-12,15-17H2,1-5H3,(H,29,33)(H,30,35). The van der Waals surface area contributed by atoms with Crippen molar-refractivity contribution in [3.63, 3.8) is 0 Å². The summed E-state index contributed by atoms with van der Waals surface area (Å²) in [5, 5.41) is 16.6. The number of ether oxygens (including phenoxy) is 1. The fourth-order valence-corrected chi connectivity index (χ4v) is 4.86. The summed E-state index contributed by atoms with van der Waals surface area (Å²) in [5.41, 5.74) is -0.309. The predicted molar refractivity (Wildman–Crippen MR) is 138 cm³/mol. The van der Waals surface area contributed by atoms with Gasteiger partial charge in [-0.15, -0.1) is 0 Å². The van der Waals surface area contributed by atoms with Crippen LogP contribution < -0.4 is 10.6 Å². The SMILES string of the molecule is CC(C)CC(NC(=O)OC(C)(C)C)C(=O)N(C1CC1)C(C(=O)NC1CCCCC1)c1ccccc1O. The van der Waals surface area contributed by atoms with Crippen molar-refractivity contribution in [2.24, 2.45) is 5.92 Å². The van der Waals surface area contributed by atoms with Crippen molar-refractivity contribution >= 4 is 17.9 Å². The number of hydrogen-bond donors (Lipinski definition) is 3. The monoisotopic (exact) mass is 501 g/mol. The highest BCUT2D eigenvalue weighted by atomic mass is 16.6. The Hall–Kier alpha value is -2.77. The second-order valence-corrected chi connectivity index (χ2v) is 11.6. The first-order valence-corrected chi connectivity index (χ1v) is 13.4. The lowest BCUT2D eigenvalue weighted by molar-refractivity contribution is -0.144. The molecule has 1 aromatic carbocycles. The van der Waals surface area contributed by atoms with Gasteiger partial charge in [0.15, 0.2) is 0 Å². The quantitative estimate of drug-likeness (QED) is 0.450. The van der Waals surface area contributed by atoms with Crippen LogP contribution in [0.25, 0.3) is 0 Å². The van der Waals surface area contributed by atoms with E-state index in [1.807, 2.05) is 13.8 Å². The number of aromatic hydroxyl groups is 1. The van der Waals surface area contributed by atoms with Gasteiger partial charge in [-0.25, -0.2) is 4.79 Å². The van der Waals surface area contributed by atoms with E-state index in [2.05, 4.69) is 10.6 Å². The van der Waals surface area contributed by atoms with Gasteiger partial charge in [-0.3, -0.25) is 9.59 Å². The Balaban J connectivity index is 1.93. The molecular formula is C28H43N3O5. The van der Waals surface area contributed by atoms with E-state index in [1.54, 1.807) is 43.9 Å². The summed E-state index contributed by atoms with van der Waals surface area (Å²) in [6, 6.07) is 4.79. The highest BCUT2D eigenvalue weighted by Gasteiger charge is 2.45. The second kappa shape index (κ2) is 12.0. The zero-order valence-electron chi connectivity index (χ0n) is 22.4. The molecule has 3 rings (SSSR count). The molecule has 3 amide bonds.